The maximum absolute atomic E-state index is 12.7. The number of aryl methyl sites for hydroxylation is 1. The molecular formula is C21H19N3O3. The number of amides is 3. The van der Waals surface area contributed by atoms with E-state index < -0.39 is 0 Å². The Hall–Kier alpha value is -3.41. The Balaban J connectivity index is 1.57. The predicted molar refractivity (Wildman–Crippen MR) is 102 cm³/mol. The average molecular weight is 361 g/mol. The highest BCUT2D eigenvalue weighted by Crippen LogP contribution is 2.23. The summed E-state index contributed by atoms with van der Waals surface area (Å²) >= 11 is 0. The van der Waals surface area contributed by atoms with Crippen LogP contribution in [0.15, 0.2) is 48.5 Å². The molecule has 0 aliphatic carbocycles. The van der Waals surface area contributed by atoms with E-state index in [0.29, 0.717) is 11.4 Å². The number of hydrogen-bond donors (Lipinski definition) is 2. The van der Waals surface area contributed by atoms with Crippen LogP contribution in [-0.4, -0.2) is 27.6 Å². The van der Waals surface area contributed by atoms with Crippen LogP contribution in [-0.2, 0) is 16.1 Å². The number of imide groups is 1. The number of nitrogens with one attached hydrogen (secondary N) is 2. The monoisotopic (exact) mass is 361 g/mol. The molecule has 0 bridgehead atoms. The number of carbonyl (C=O) groups is 3. The van der Waals surface area contributed by atoms with Crippen LogP contribution in [0, 0.1) is 6.92 Å². The molecule has 2 heterocycles. The lowest BCUT2D eigenvalue weighted by Gasteiger charge is -2.17. The normalized spacial score (nSPS) is 14.2. The van der Waals surface area contributed by atoms with Gasteiger partial charge in [-0.1, -0.05) is 30.3 Å². The average Bonchev–Trinajstić information content (AvgIpc) is 3.21. The Bertz CT molecular complexity index is 1050. The summed E-state index contributed by atoms with van der Waals surface area (Å²) in [5.41, 5.74) is 3.79. The number of aromatic amines is 1. The van der Waals surface area contributed by atoms with E-state index in [1.54, 1.807) is 18.2 Å². The number of carbonyl (C=O) groups excluding carboxylic acids is 3. The number of fused-ring (bicyclic) bond motifs is 1. The molecular weight excluding hydrogens is 342 g/mol. The third-order valence-electron chi connectivity index (χ3n) is 4.77. The van der Waals surface area contributed by atoms with Crippen LogP contribution in [0.25, 0.3) is 10.9 Å². The van der Waals surface area contributed by atoms with Gasteiger partial charge in [-0.05, 0) is 36.2 Å². The fourth-order valence-corrected chi connectivity index (χ4v) is 3.30. The molecule has 0 atom stereocenters. The van der Waals surface area contributed by atoms with Crippen molar-refractivity contribution >= 4 is 34.3 Å². The van der Waals surface area contributed by atoms with Gasteiger partial charge in [0.2, 0.25) is 11.8 Å². The predicted octanol–water partition coefficient (Wildman–Crippen LogP) is 3.38. The molecule has 6 nitrogen and oxygen atoms in total. The van der Waals surface area contributed by atoms with Crippen molar-refractivity contribution in [2.24, 2.45) is 0 Å². The molecule has 0 spiro atoms. The number of anilines is 1. The largest absolute Gasteiger partial charge is 0.351 e. The third-order valence-corrected chi connectivity index (χ3v) is 4.77. The second kappa shape index (κ2) is 6.72. The maximum Gasteiger partial charge on any atom is 0.272 e. The number of likely N-dealkylation sites (tertiary alicyclic amines) is 1. The van der Waals surface area contributed by atoms with Crippen molar-refractivity contribution in [3.8, 4) is 0 Å². The quantitative estimate of drug-likeness (QED) is 0.699. The van der Waals surface area contributed by atoms with Crippen LogP contribution in [0.2, 0.25) is 0 Å². The number of benzene rings is 2. The van der Waals surface area contributed by atoms with E-state index >= 15 is 0 Å². The Labute approximate surface area is 156 Å². The molecule has 4 rings (SSSR count). The van der Waals surface area contributed by atoms with Gasteiger partial charge in [-0.3, -0.25) is 19.3 Å². The standard InChI is InChI=1S/C21H19N3O3/c1-13-6-7-14-11-18(22-17(14)10-13)21(27)23-16-5-3-2-4-15(16)12-24-19(25)8-9-20(24)26/h2-7,10-11,22H,8-9,12H2,1H3,(H,23,27). The van der Waals surface area contributed by atoms with E-state index in [0.717, 1.165) is 22.0 Å². The third kappa shape index (κ3) is 3.33. The summed E-state index contributed by atoms with van der Waals surface area (Å²) in [6.45, 7) is 2.16. The molecule has 3 aromatic rings. The molecule has 2 N–H and O–H groups in total. The first-order valence-electron chi connectivity index (χ1n) is 8.83. The van der Waals surface area contributed by atoms with Crippen molar-refractivity contribution in [3.05, 3.63) is 65.4 Å². The van der Waals surface area contributed by atoms with Crippen molar-refractivity contribution in [3.63, 3.8) is 0 Å². The molecule has 0 radical (unpaired) electrons. The van der Waals surface area contributed by atoms with Crippen LogP contribution >= 0.6 is 0 Å². The Morgan fingerprint density at radius 2 is 1.81 bits per heavy atom. The zero-order valence-electron chi connectivity index (χ0n) is 14.9. The highest BCUT2D eigenvalue weighted by molar-refractivity contribution is 6.06. The second-order valence-corrected chi connectivity index (χ2v) is 6.76. The van der Waals surface area contributed by atoms with Gasteiger partial charge in [-0.15, -0.1) is 0 Å². The lowest BCUT2D eigenvalue weighted by atomic mass is 10.1. The first-order chi connectivity index (χ1) is 13.0. The molecule has 1 fully saturated rings. The topological polar surface area (TPSA) is 82.3 Å². The Morgan fingerprint density at radius 3 is 2.59 bits per heavy atom. The second-order valence-electron chi connectivity index (χ2n) is 6.76. The molecule has 0 unspecified atom stereocenters. The number of para-hydroxylation sites is 1. The molecule has 6 heteroatoms. The lowest BCUT2D eigenvalue weighted by molar-refractivity contribution is -0.139. The molecule has 1 aliphatic heterocycles. The van der Waals surface area contributed by atoms with Gasteiger partial charge >= 0.3 is 0 Å². The Kier molecular flexibility index (Phi) is 4.24. The smallest absolute Gasteiger partial charge is 0.272 e. The summed E-state index contributed by atoms with van der Waals surface area (Å²) in [7, 11) is 0. The zero-order valence-corrected chi connectivity index (χ0v) is 14.9. The molecule has 3 amide bonds. The lowest BCUT2D eigenvalue weighted by Crippen LogP contribution is -2.29. The van der Waals surface area contributed by atoms with Gasteiger partial charge in [0.1, 0.15) is 5.69 Å². The van der Waals surface area contributed by atoms with Crippen LogP contribution in [0.5, 0.6) is 0 Å². The van der Waals surface area contributed by atoms with Crippen molar-refractivity contribution in [2.75, 3.05) is 5.32 Å². The van der Waals surface area contributed by atoms with Crippen molar-refractivity contribution in [1.82, 2.24) is 9.88 Å². The number of hydrogen-bond acceptors (Lipinski definition) is 3. The van der Waals surface area contributed by atoms with E-state index in [2.05, 4.69) is 10.3 Å². The molecule has 1 aliphatic rings. The summed E-state index contributed by atoms with van der Waals surface area (Å²) in [6, 6.07) is 15.0. The highest BCUT2D eigenvalue weighted by atomic mass is 16.2. The number of H-pyrrole nitrogens is 1. The van der Waals surface area contributed by atoms with Crippen molar-refractivity contribution < 1.29 is 14.4 Å². The van der Waals surface area contributed by atoms with Gasteiger partial charge < -0.3 is 10.3 Å². The van der Waals surface area contributed by atoms with Gasteiger partial charge in [-0.25, -0.2) is 0 Å². The molecule has 136 valence electrons. The minimum absolute atomic E-state index is 0.167. The summed E-state index contributed by atoms with van der Waals surface area (Å²) in [4.78, 5) is 40.8. The van der Waals surface area contributed by atoms with Gasteiger partial charge in [0.25, 0.3) is 5.91 Å². The summed E-state index contributed by atoms with van der Waals surface area (Å²) in [5, 5.41) is 3.85. The van der Waals surface area contributed by atoms with Crippen LogP contribution < -0.4 is 5.32 Å². The van der Waals surface area contributed by atoms with Crippen molar-refractivity contribution in [2.45, 2.75) is 26.3 Å². The van der Waals surface area contributed by atoms with E-state index in [1.807, 2.05) is 37.3 Å². The molecule has 1 saturated heterocycles. The van der Waals surface area contributed by atoms with E-state index in [1.165, 1.54) is 4.90 Å². The highest BCUT2D eigenvalue weighted by Gasteiger charge is 2.29. The first kappa shape index (κ1) is 17.0. The first-order valence-corrected chi connectivity index (χ1v) is 8.83. The summed E-state index contributed by atoms with van der Waals surface area (Å²) in [6.07, 6.45) is 0.504. The summed E-state index contributed by atoms with van der Waals surface area (Å²) in [5.74, 6) is -0.616. The van der Waals surface area contributed by atoms with Crippen LogP contribution in [0.3, 0.4) is 0 Å². The van der Waals surface area contributed by atoms with E-state index in [9.17, 15) is 14.4 Å². The van der Waals surface area contributed by atoms with E-state index in [-0.39, 0.29) is 37.1 Å². The number of nitrogens with zero attached hydrogens (tertiary/aromatic N) is 1. The molecule has 0 saturated carbocycles. The zero-order chi connectivity index (χ0) is 19.0. The maximum atomic E-state index is 12.7. The van der Waals surface area contributed by atoms with Crippen molar-refractivity contribution in [1.29, 1.82) is 0 Å². The van der Waals surface area contributed by atoms with Gasteiger partial charge in [0, 0.05) is 29.4 Å². The van der Waals surface area contributed by atoms with Gasteiger partial charge in [0.05, 0.1) is 6.54 Å². The number of rotatable bonds is 4. The van der Waals surface area contributed by atoms with Crippen LogP contribution in [0.1, 0.15) is 34.5 Å². The Morgan fingerprint density at radius 1 is 1.07 bits per heavy atom. The SMILES string of the molecule is Cc1ccc2cc(C(=O)Nc3ccccc3CN3C(=O)CCC3=O)[nH]c2c1. The minimum atomic E-state index is -0.268. The van der Waals surface area contributed by atoms with Gasteiger partial charge in [-0.2, -0.15) is 0 Å². The molecule has 2 aromatic carbocycles. The van der Waals surface area contributed by atoms with Crippen LogP contribution in [0.4, 0.5) is 5.69 Å². The van der Waals surface area contributed by atoms with Gasteiger partial charge in [0.15, 0.2) is 0 Å². The summed E-state index contributed by atoms with van der Waals surface area (Å²) < 4.78 is 0. The minimum Gasteiger partial charge on any atom is -0.351 e. The van der Waals surface area contributed by atoms with E-state index in [4.69, 9.17) is 0 Å². The fraction of sp³-hybridized carbons (Fsp3) is 0.190. The fourth-order valence-electron chi connectivity index (χ4n) is 3.30. The molecule has 1 aromatic heterocycles. The number of aromatic nitrogens is 1. The molecule has 27 heavy (non-hydrogen) atoms.